The number of imide groups is 1. The number of aryl methyl sites for hydroxylation is 1. The summed E-state index contributed by atoms with van der Waals surface area (Å²) < 4.78 is 12.6. The Morgan fingerprint density at radius 3 is 2.19 bits per heavy atom. The average Bonchev–Trinajstić information content (AvgIpc) is 3.41. The third-order valence-electron chi connectivity index (χ3n) is 6.88. The van der Waals surface area contributed by atoms with Crippen LogP contribution in [0.2, 0.25) is 0 Å². The van der Waals surface area contributed by atoms with E-state index in [4.69, 9.17) is 9.47 Å². The van der Waals surface area contributed by atoms with Crippen LogP contribution < -0.4 is 0 Å². The van der Waals surface area contributed by atoms with Gasteiger partial charge in [0.15, 0.2) is 0 Å². The van der Waals surface area contributed by atoms with E-state index in [0.717, 1.165) is 45.1 Å². The molecule has 10 nitrogen and oxygen atoms in total. The summed E-state index contributed by atoms with van der Waals surface area (Å²) in [4.78, 5) is 56.1. The molecule has 3 aliphatic rings. The van der Waals surface area contributed by atoms with Gasteiger partial charge in [0, 0.05) is 43.3 Å². The number of benzene rings is 1. The molecule has 2 aromatic rings. The van der Waals surface area contributed by atoms with Crippen LogP contribution in [0.3, 0.4) is 0 Å². The summed E-state index contributed by atoms with van der Waals surface area (Å²) in [5, 5.41) is 0.448. The molecule has 37 heavy (non-hydrogen) atoms. The number of carbonyl (C=O) groups excluding carboxylic acids is 4. The van der Waals surface area contributed by atoms with Crippen molar-refractivity contribution in [1.29, 1.82) is 0 Å². The highest BCUT2D eigenvalue weighted by Crippen LogP contribution is 2.35. The molecule has 1 aromatic heterocycles. The minimum Gasteiger partial charge on any atom is -0.378 e. The number of nitrogens with zero attached hydrogens (tertiary/aromatic N) is 4. The van der Waals surface area contributed by atoms with E-state index in [1.54, 1.807) is 15.9 Å². The molecule has 3 fully saturated rings. The Morgan fingerprint density at radius 1 is 0.946 bits per heavy atom. The molecule has 4 amide bonds. The molecule has 0 unspecified atom stereocenters. The van der Waals surface area contributed by atoms with Gasteiger partial charge in [-0.15, -0.1) is 0 Å². The molecule has 0 saturated carbocycles. The fourth-order valence-corrected chi connectivity index (χ4v) is 5.70. The minimum atomic E-state index is -0.478. The maximum absolute atomic E-state index is 13.1. The van der Waals surface area contributed by atoms with Crippen molar-refractivity contribution in [2.45, 2.75) is 19.9 Å². The van der Waals surface area contributed by atoms with Gasteiger partial charge in [-0.25, -0.2) is 0 Å². The van der Waals surface area contributed by atoms with Crippen molar-refractivity contribution in [1.82, 2.24) is 19.3 Å². The lowest BCUT2D eigenvalue weighted by molar-refractivity contribution is -0.139. The molecular weight excluding hydrogens is 496 g/mol. The largest absolute Gasteiger partial charge is 0.378 e. The van der Waals surface area contributed by atoms with Crippen molar-refractivity contribution in [3.8, 4) is 0 Å². The fraction of sp³-hybridized carbons (Fsp3) is 0.462. The van der Waals surface area contributed by atoms with Crippen molar-refractivity contribution >= 4 is 51.7 Å². The lowest BCUT2D eigenvalue weighted by Gasteiger charge is -2.28. The van der Waals surface area contributed by atoms with Crippen LogP contribution in [0.15, 0.2) is 29.3 Å². The highest BCUT2D eigenvalue weighted by molar-refractivity contribution is 8.18. The Balaban J connectivity index is 1.41. The zero-order valence-electron chi connectivity index (χ0n) is 20.8. The van der Waals surface area contributed by atoms with E-state index in [0.29, 0.717) is 52.6 Å². The van der Waals surface area contributed by atoms with Gasteiger partial charge >= 0.3 is 0 Å². The van der Waals surface area contributed by atoms with Crippen LogP contribution >= 0.6 is 11.8 Å². The first-order valence-electron chi connectivity index (χ1n) is 12.5. The number of amides is 4. The number of para-hydroxylation sites is 1. The Labute approximate surface area is 219 Å². The van der Waals surface area contributed by atoms with Crippen LogP contribution in [-0.2, 0) is 36.8 Å². The molecule has 1 aromatic carbocycles. The van der Waals surface area contributed by atoms with E-state index >= 15 is 0 Å². The van der Waals surface area contributed by atoms with Crippen LogP contribution in [0.5, 0.6) is 0 Å². The third-order valence-corrected chi connectivity index (χ3v) is 7.79. The first-order valence-corrected chi connectivity index (χ1v) is 13.3. The van der Waals surface area contributed by atoms with Crippen LogP contribution in [0, 0.1) is 0 Å². The van der Waals surface area contributed by atoms with E-state index in [2.05, 4.69) is 6.92 Å². The van der Waals surface area contributed by atoms with Crippen molar-refractivity contribution in [2.24, 2.45) is 0 Å². The van der Waals surface area contributed by atoms with Gasteiger partial charge < -0.3 is 23.8 Å². The maximum Gasteiger partial charge on any atom is 0.294 e. The van der Waals surface area contributed by atoms with Crippen LogP contribution in [0.1, 0.15) is 18.1 Å². The number of hydrogen-bond donors (Lipinski definition) is 0. The minimum absolute atomic E-state index is 0.0135. The van der Waals surface area contributed by atoms with E-state index < -0.39 is 11.1 Å². The zero-order valence-corrected chi connectivity index (χ0v) is 21.6. The van der Waals surface area contributed by atoms with Gasteiger partial charge in [-0.05, 0) is 29.8 Å². The second kappa shape index (κ2) is 11.1. The lowest BCUT2D eigenvalue weighted by atomic mass is 10.1. The van der Waals surface area contributed by atoms with Gasteiger partial charge in [0.25, 0.3) is 11.1 Å². The number of rotatable bonds is 6. The molecule has 0 aliphatic carbocycles. The van der Waals surface area contributed by atoms with Gasteiger partial charge in [-0.1, -0.05) is 25.1 Å². The molecule has 0 N–H and O–H groups in total. The van der Waals surface area contributed by atoms with Crippen LogP contribution in [0.4, 0.5) is 4.79 Å². The van der Waals surface area contributed by atoms with Crippen molar-refractivity contribution in [3.05, 3.63) is 40.4 Å². The Kier molecular flexibility index (Phi) is 7.63. The second-order valence-electron chi connectivity index (χ2n) is 9.13. The smallest absolute Gasteiger partial charge is 0.294 e. The monoisotopic (exact) mass is 526 g/mol. The van der Waals surface area contributed by atoms with Gasteiger partial charge in [-0.3, -0.25) is 24.1 Å². The highest BCUT2D eigenvalue weighted by atomic mass is 32.2. The summed E-state index contributed by atoms with van der Waals surface area (Å²) in [6, 6.07) is 5.95. The number of carbonyl (C=O) groups is 4. The zero-order chi connectivity index (χ0) is 25.9. The lowest BCUT2D eigenvalue weighted by Crippen LogP contribution is -2.46. The molecule has 4 heterocycles. The normalized spacial score (nSPS) is 19.9. The van der Waals surface area contributed by atoms with E-state index in [-0.39, 0.29) is 29.8 Å². The predicted octanol–water partition coefficient (Wildman–Crippen LogP) is 1.96. The Hall–Kier alpha value is -3.15. The third kappa shape index (κ3) is 5.29. The molecule has 0 radical (unpaired) electrons. The van der Waals surface area contributed by atoms with Crippen molar-refractivity contribution < 1.29 is 28.7 Å². The summed E-state index contributed by atoms with van der Waals surface area (Å²) in [5.41, 5.74) is 2.79. The molecule has 3 saturated heterocycles. The Bertz CT molecular complexity index is 1260. The van der Waals surface area contributed by atoms with Gasteiger partial charge in [-0.2, -0.15) is 0 Å². The fourth-order valence-electron chi connectivity index (χ4n) is 4.87. The standard InChI is InChI=1S/C26H30N4O6S/c1-2-18-4-3-5-20-19(15-29(24(18)20)16-22(31)27-6-10-35-11-7-27)14-21-25(33)30(26(34)37-21)17-23(32)28-8-12-36-13-9-28/h3-5,14-15H,2,6-13,16-17H2,1H3/b21-14-. The number of fused-ring (bicyclic) bond motifs is 1. The maximum atomic E-state index is 13.1. The predicted molar refractivity (Wildman–Crippen MR) is 139 cm³/mol. The van der Waals surface area contributed by atoms with Gasteiger partial charge in [0.1, 0.15) is 13.1 Å². The highest BCUT2D eigenvalue weighted by Gasteiger charge is 2.37. The number of morpholine rings is 2. The number of aromatic nitrogens is 1. The van der Waals surface area contributed by atoms with Gasteiger partial charge in [0.2, 0.25) is 11.8 Å². The van der Waals surface area contributed by atoms with Crippen LogP contribution in [0.25, 0.3) is 17.0 Å². The van der Waals surface area contributed by atoms with E-state index in [1.807, 2.05) is 29.0 Å². The number of ether oxygens (including phenoxy) is 2. The molecule has 0 spiro atoms. The van der Waals surface area contributed by atoms with Gasteiger partial charge in [0.05, 0.1) is 36.8 Å². The molecular formula is C26H30N4O6S. The SMILES string of the molecule is CCc1cccc2c(/C=C3\SC(=O)N(CC(=O)N4CCOCC4)C3=O)cn(CC(=O)N3CCOCC3)c12. The van der Waals surface area contributed by atoms with Crippen LogP contribution in [-0.4, -0.2) is 101 Å². The summed E-state index contributed by atoms with van der Waals surface area (Å²) in [5.74, 6) is -0.731. The quantitative estimate of drug-likeness (QED) is 0.531. The molecule has 3 aliphatic heterocycles. The summed E-state index contributed by atoms with van der Waals surface area (Å²) in [6.45, 7) is 5.98. The van der Waals surface area contributed by atoms with E-state index in [1.165, 1.54) is 0 Å². The number of hydrogen-bond acceptors (Lipinski definition) is 7. The summed E-state index contributed by atoms with van der Waals surface area (Å²) in [6.07, 6.45) is 4.35. The first-order chi connectivity index (χ1) is 18.0. The second-order valence-corrected chi connectivity index (χ2v) is 10.1. The molecule has 0 bridgehead atoms. The topological polar surface area (TPSA) is 101 Å². The molecule has 0 atom stereocenters. The van der Waals surface area contributed by atoms with E-state index in [9.17, 15) is 19.2 Å². The summed E-state index contributed by atoms with van der Waals surface area (Å²) in [7, 11) is 0. The van der Waals surface area contributed by atoms with Crippen molar-refractivity contribution in [2.75, 3.05) is 59.2 Å². The molecule has 5 rings (SSSR count). The number of thioether (sulfide) groups is 1. The summed E-state index contributed by atoms with van der Waals surface area (Å²) >= 11 is 0.834. The van der Waals surface area contributed by atoms with Crippen molar-refractivity contribution in [3.63, 3.8) is 0 Å². The average molecular weight is 527 g/mol. The molecule has 11 heteroatoms. The first kappa shape index (κ1) is 25.5. The molecule has 196 valence electrons. The Morgan fingerprint density at radius 2 is 1.57 bits per heavy atom.